The first kappa shape index (κ1) is 14.6. The average molecular weight is 249 g/mol. The minimum Gasteiger partial charge on any atom is -0.508 e. The number of carbonyl (C=O) groups is 1. The fourth-order valence-corrected chi connectivity index (χ4v) is 1.70. The van der Waals surface area contributed by atoms with Crippen molar-refractivity contribution >= 4 is 5.91 Å². The second-order valence-corrected chi connectivity index (χ2v) is 5.96. The number of benzene rings is 1. The van der Waals surface area contributed by atoms with Crippen molar-refractivity contribution in [1.29, 1.82) is 0 Å². The number of aryl methyl sites for hydroxylation is 1. The van der Waals surface area contributed by atoms with Gasteiger partial charge in [-0.2, -0.15) is 0 Å². The van der Waals surface area contributed by atoms with E-state index in [1.165, 1.54) is 6.07 Å². The van der Waals surface area contributed by atoms with E-state index in [4.69, 9.17) is 0 Å². The number of amides is 1. The molecular weight excluding hydrogens is 226 g/mol. The van der Waals surface area contributed by atoms with E-state index in [1.807, 2.05) is 13.8 Å². The third kappa shape index (κ3) is 3.03. The molecule has 1 N–H and O–H groups in total. The van der Waals surface area contributed by atoms with Gasteiger partial charge in [0.05, 0.1) is 0 Å². The molecule has 3 nitrogen and oxygen atoms in total. The van der Waals surface area contributed by atoms with Gasteiger partial charge in [-0.15, -0.1) is 0 Å². The molecule has 1 aromatic rings. The molecular formula is C15H23NO2. The molecule has 1 aromatic carbocycles. The van der Waals surface area contributed by atoms with Crippen LogP contribution in [0.4, 0.5) is 0 Å². The largest absolute Gasteiger partial charge is 0.508 e. The van der Waals surface area contributed by atoms with Crippen molar-refractivity contribution in [2.24, 2.45) is 5.41 Å². The van der Waals surface area contributed by atoms with Crippen molar-refractivity contribution < 1.29 is 9.90 Å². The molecule has 0 radical (unpaired) electrons. The topological polar surface area (TPSA) is 40.5 Å². The molecule has 0 aliphatic heterocycles. The molecule has 0 saturated heterocycles. The zero-order valence-corrected chi connectivity index (χ0v) is 12.1. The summed E-state index contributed by atoms with van der Waals surface area (Å²) in [6, 6.07) is 5.17. The van der Waals surface area contributed by atoms with Crippen molar-refractivity contribution in [3.8, 4) is 5.75 Å². The number of nitrogens with zero attached hydrogens (tertiary/aromatic N) is 1. The van der Waals surface area contributed by atoms with Gasteiger partial charge in [0.15, 0.2) is 0 Å². The third-order valence-electron chi connectivity index (χ3n) is 3.61. The zero-order chi connectivity index (χ0) is 14.1. The second kappa shape index (κ2) is 5.01. The van der Waals surface area contributed by atoms with E-state index in [9.17, 15) is 9.90 Å². The first-order chi connectivity index (χ1) is 8.14. The number of rotatable bonds is 2. The monoisotopic (exact) mass is 249 g/mol. The van der Waals surface area contributed by atoms with Gasteiger partial charge in [-0.05, 0) is 37.0 Å². The molecule has 0 aromatic heterocycles. The zero-order valence-electron chi connectivity index (χ0n) is 12.1. The highest BCUT2D eigenvalue weighted by molar-refractivity contribution is 5.94. The Hall–Kier alpha value is -1.51. The van der Waals surface area contributed by atoms with E-state index < -0.39 is 0 Å². The van der Waals surface area contributed by atoms with Crippen molar-refractivity contribution in [3.05, 3.63) is 29.3 Å². The van der Waals surface area contributed by atoms with Crippen molar-refractivity contribution in [1.82, 2.24) is 4.90 Å². The molecule has 1 rings (SSSR count). The molecule has 1 unspecified atom stereocenters. The van der Waals surface area contributed by atoms with Crippen LogP contribution < -0.4 is 0 Å². The number of phenolic OH excluding ortho intramolecular Hbond substituents is 1. The summed E-state index contributed by atoms with van der Waals surface area (Å²) < 4.78 is 0. The van der Waals surface area contributed by atoms with E-state index in [-0.39, 0.29) is 23.1 Å². The van der Waals surface area contributed by atoms with Crippen LogP contribution >= 0.6 is 0 Å². The van der Waals surface area contributed by atoms with Gasteiger partial charge in [-0.3, -0.25) is 4.79 Å². The molecule has 100 valence electrons. The summed E-state index contributed by atoms with van der Waals surface area (Å²) in [5, 5.41) is 9.66. The SMILES string of the molecule is Cc1ccc(C(=O)N(C)C(C)C(C)(C)C)cc1O. The van der Waals surface area contributed by atoms with Crippen LogP contribution in [0.3, 0.4) is 0 Å². The Kier molecular flexibility index (Phi) is 4.05. The molecule has 1 atom stereocenters. The Morgan fingerprint density at radius 3 is 2.33 bits per heavy atom. The van der Waals surface area contributed by atoms with Crippen LogP contribution in [-0.2, 0) is 0 Å². The van der Waals surface area contributed by atoms with Gasteiger partial charge in [0.2, 0.25) is 0 Å². The standard InChI is InChI=1S/C15H23NO2/c1-10-7-8-12(9-13(10)17)14(18)16(6)11(2)15(3,4)5/h7-9,11,17H,1-6H3. The van der Waals surface area contributed by atoms with Crippen LogP contribution in [0.15, 0.2) is 18.2 Å². The van der Waals surface area contributed by atoms with E-state index in [0.29, 0.717) is 5.56 Å². The molecule has 18 heavy (non-hydrogen) atoms. The maximum absolute atomic E-state index is 12.3. The van der Waals surface area contributed by atoms with Crippen LogP contribution in [0.25, 0.3) is 0 Å². The molecule has 0 heterocycles. The van der Waals surface area contributed by atoms with Gasteiger partial charge >= 0.3 is 0 Å². The lowest BCUT2D eigenvalue weighted by atomic mass is 9.87. The van der Waals surface area contributed by atoms with Crippen LogP contribution in [0, 0.1) is 12.3 Å². The number of hydrogen-bond acceptors (Lipinski definition) is 2. The van der Waals surface area contributed by atoms with Gasteiger partial charge in [0.1, 0.15) is 5.75 Å². The first-order valence-corrected chi connectivity index (χ1v) is 6.21. The summed E-state index contributed by atoms with van der Waals surface area (Å²) in [7, 11) is 1.80. The van der Waals surface area contributed by atoms with Gasteiger partial charge < -0.3 is 10.0 Å². The van der Waals surface area contributed by atoms with Crippen molar-refractivity contribution in [2.45, 2.75) is 40.7 Å². The number of aromatic hydroxyl groups is 1. The lowest BCUT2D eigenvalue weighted by molar-refractivity contribution is 0.0629. The van der Waals surface area contributed by atoms with Gasteiger partial charge in [-0.25, -0.2) is 0 Å². The number of carbonyl (C=O) groups excluding carboxylic acids is 1. The maximum atomic E-state index is 12.3. The smallest absolute Gasteiger partial charge is 0.253 e. The molecule has 3 heteroatoms. The molecule has 0 spiro atoms. The summed E-state index contributed by atoms with van der Waals surface area (Å²) in [5.74, 6) is 0.102. The lowest BCUT2D eigenvalue weighted by Gasteiger charge is -2.35. The molecule has 0 fully saturated rings. The van der Waals surface area contributed by atoms with Crippen LogP contribution in [0.1, 0.15) is 43.6 Å². The van der Waals surface area contributed by atoms with E-state index in [1.54, 1.807) is 24.1 Å². The quantitative estimate of drug-likeness (QED) is 0.874. The fourth-order valence-electron chi connectivity index (χ4n) is 1.70. The summed E-state index contributed by atoms with van der Waals surface area (Å²) in [6.07, 6.45) is 0. The predicted molar refractivity (Wildman–Crippen MR) is 73.9 cm³/mol. The lowest BCUT2D eigenvalue weighted by Crippen LogP contribution is -2.42. The second-order valence-electron chi connectivity index (χ2n) is 5.96. The highest BCUT2D eigenvalue weighted by atomic mass is 16.3. The summed E-state index contributed by atoms with van der Waals surface area (Å²) in [6.45, 7) is 10.2. The van der Waals surface area contributed by atoms with E-state index >= 15 is 0 Å². The Balaban J connectivity index is 2.97. The molecule has 0 aliphatic carbocycles. The minimum atomic E-state index is -0.0623. The third-order valence-corrected chi connectivity index (χ3v) is 3.61. The Morgan fingerprint density at radius 1 is 1.33 bits per heavy atom. The molecule has 0 bridgehead atoms. The van der Waals surface area contributed by atoms with Crippen LogP contribution in [0.2, 0.25) is 0 Å². The highest BCUT2D eigenvalue weighted by Gasteiger charge is 2.27. The normalized spacial score (nSPS) is 13.2. The molecule has 1 amide bonds. The van der Waals surface area contributed by atoms with Crippen molar-refractivity contribution in [3.63, 3.8) is 0 Å². The summed E-state index contributed by atoms with van der Waals surface area (Å²) in [5.41, 5.74) is 1.33. The van der Waals surface area contributed by atoms with E-state index in [0.717, 1.165) is 5.56 Å². The number of hydrogen-bond donors (Lipinski definition) is 1. The summed E-state index contributed by atoms with van der Waals surface area (Å²) in [4.78, 5) is 14.0. The Bertz CT molecular complexity index is 446. The minimum absolute atomic E-state index is 0.0250. The summed E-state index contributed by atoms with van der Waals surface area (Å²) >= 11 is 0. The van der Waals surface area contributed by atoms with Crippen LogP contribution in [-0.4, -0.2) is 29.0 Å². The molecule has 0 aliphatic rings. The molecule has 0 saturated carbocycles. The number of phenols is 1. The first-order valence-electron chi connectivity index (χ1n) is 6.21. The van der Waals surface area contributed by atoms with Gasteiger partial charge in [0.25, 0.3) is 5.91 Å². The Morgan fingerprint density at radius 2 is 1.89 bits per heavy atom. The van der Waals surface area contributed by atoms with Crippen LogP contribution in [0.5, 0.6) is 5.75 Å². The average Bonchev–Trinajstić information content (AvgIpc) is 2.28. The van der Waals surface area contributed by atoms with Gasteiger partial charge in [-0.1, -0.05) is 26.8 Å². The maximum Gasteiger partial charge on any atom is 0.253 e. The fraction of sp³-hybridized carbons (Fsp3) is 0.533. The predicted octanol–water partition coefficient (Wildman–Crippen LogP) is 3.21. The Labute approximate surface area is 109 Å². The highest BCUT2D eigenvalue weighted by Crippen LogP contribution is 2.25. The van der Waals surface area contributed by atoms with E-state index in [2.05, 4.69) is 20.8 Å². The van der Waals surface area contributed by atoms with Crippen molar-refractivity contribution in [2.75, 3.05) is 7.05 Å². The van der Waals surface area contributed by atoms with Gasteiger partial charge in [0, 0.05) is 18.7 Å².